The predicted octanol–water partition coefficient (Wildman–Crippen LogP) is 2.06. The monoisotopic (exact) mass is 246 g/mol. The minimum atomic E-state index is -1.11. The molecule has 0 aliphatic carbocycles. The Balaban J connectivity index is 0.000000184. The number of hydrazine groups is 1. The minimum Gasteiger partial charge on any atom is -0.507 e. The lowest BCUT2D eigenvalue weighted by Crippen LogP contribution is -2.05. The van der Waals surface area contributed by atoms with Crippen LogP contribution < -0.4 is 11.3 Å². The minimum absolute atomic E-state index is 0.0671. The molecule has 0 spiro atoms. The SMILES string of the molecule is NNc1ccccc1.O=C(O)c1ccccc1O. The Labute approximate surface area is 104 Å². The lowest BCUT2D eigenvalue weighted by molar-refractivity contribution is 0.0694. The van der Waals surface area contributed by atoms with E-state index in [9.17, 15) is 4.79 Å². The summed E-state index contributed by atoms with van der Waals surface area (Å²) in [5.41, 5.74) is 3.40. The predicted molar refractivity (Wildman–Crippen MR) is 69.3 cm³/mol. The van der Waals surface area contributed by atoms with Gasteiger partial charge in [-0.3, -0.25) is 5.84 Å². The first-order chi connectivity index (χ1) is 8.65. The topological polar surface area (TPSA) is 95.6 Å². The Morgan fingerprint density at radius 1 is 1.00 bits per heavy atom. The van der Waals surface area contributed by atoms with Crippen LogP contribution >= 0.6 is 0 Å². The molecule has 0 bridgehead atoms. The van der Waals surface area contributed by atoms with Crippen LogP contribution in [0, 0.1) is 0 Å². The molecule has 5 N–H and O–H groups in total. The molecule has 2 aromatic carbocycles. The molecule has 0 radical (unpaired) electrons. The van der Waals surface area contributed by atoms with Gasteiger partial charge in [0.05, 0.1) is 0 Å². The third-order valence-corrected chi connectivity index (χ3v) is 2.07. The van der Waals surface area contributed by atoms with E-state index in [-0.39, 0.29) is 11.3 Å². The molecule has 0 aromatic heterocycles. The van der Waals surface area contributed by atoms with Crippen LogP contribution in [-0.2, 0) is 0 Å². The Kier molecular flexibility index (Phi) is 5.21. The van der Waals surface area contributed by atoms with Crippen molar-refractivity contribution in [3.05, 3.63) is 60.2 Å². The quantitative estimate of drug-likeness (QED) is 0.480. The maximum Gasteiger partial charge on any atom is 0.339 e. The summed E-state index contributed by atoms with van der Waals surface area (Å²) in [5, 5.41) is 17.3. The van der Waals surface area contributed by atoms with E-state index in [4.69, 9.17) is 16.1 Å². The van der Waals surface area contributed by atoms with Gasteiger partial charge in [0, 0.05) is 5.69 Å². The first kappa shape index (κ1) is 13.5. The summed E-state index contributed by atoms with van der Waals surface area (Å²) >= 11 is 0. The third-order valence-electron chi connectivity index (χ3n) is 2.07. The van der Waals surface area contributed by atoms with Gasteiger partial charge in [0.25, 0.3) is 0 Å². The van der Waals surface area contributed by atoms with Gasteiger partial charge in [-0.1, -0.05) is 30.3 Å². The van der Waals surface area contributed by atoms with Gasteiger partial charge in [-0.25, -0.2) is 4.79 Å². The van der Waals surface area contributed by atoms with E-state index in [1.54, 1.807) is 12.1 Å². The number of phenols is 1. The smallest absolute Gasteiger partial charge is 0.339 e. The number of carboxylic acids is 1. The standard InChI is InChI=1S/C7H6O3.C6H8N2/c8-6-4-2-1-3-5(6)7(9)10;7-8-6-4-2-1-3-5-6/h1-4,8H,(H,9,10);1-5,8H,7H2. The van der Waals surface area contributed by atoms with E-state index in [0.717, 1.165) is 5.69 Å². The number of nitrogens with two attached hydrogens (primary N) is 1. The number of para-hydroxylation sites is 2. The molecule has 18 heavy (non-hydrogen) atoms. The third kappa shape index (κ3) is 4.15. The number of nitrogens with one attached hydrogen (secondary N) is 1. The first-order valence-corrected chi connectivity index (χ1v) is 5.18. The molecule has 94 valence electrons. The lowest BCUT2D eigenvalue weighted by atomic mass is 10.2. The molecule has 2 rings (SSSR count). The fourth-order valence-electron chi connectivity index (χ4n) is 1.19. The van der Waals surface area contributed by atoms with E-state index < -0.39 is 5.97 Å². The highest BCUT2D eigenvalue weighted by atomic mass is 16.4. The second kappa shape index (κ2) is 6.93. The summed E-state index contributed by atoms with van der Waals surface area (Å²) in [6.07, 6.45) is 0. The van der Waals surface area contributed by atoms with Gasteiger partial charge in [-0.15, -0.1) is 0 Å². The average molecular weight is 246 g/mol. The highest BCUT2D eigenvalue weighted by Gasteiger charge is 2.05. The van der Waals surface area contributed by atoms with Crippen LogP contribution in [0.15, 0.2) is 54.6 Å². The zero-order chi connectivity index (χ0) is 13.4. The van der Waals surface area contributed by atoms with Crippen molar-refractivity contribution in [2.45, 2.75) is 0 Å². The number of hydrogen-bond acceptors (Lipinski definition) is 4. The van der Waals surface area contributed by atoms with Crippen LogP contribution in [0.3, 0.4) is 0 Å². The number of benzene rings is 2. The second-order valence-electron chi connectivity index (χ2n) is 3.33. The molecule has 0 amide bonds. The van der Waals surface area contributed by atoms with Crippen LogP contribution in [0.2, 0.25) is 0 Å². The Morgan fingerprint density at radius 2 is 1.56 bits per heavy atom. The number of hydrogen-bond donors (Lipinski definition) is 4. The first-order valence-electron chi connectivity index (χ1n) is 5.18. The van der Waals surface area contributed by atoms with Gasteiger partial charge in [0.2, 0.25) is 0 Å². The van der Waals surface area contributed by atoms with Gasteiger partial charge >= 0.3 is 5.97 Å². The summed E-state index contributed by atoms with van der Waals surface area (Å²) in [5.74, 6) is 3.79. The largest absolute Gasteiger partial charge is 0.507 e. The number of aromatic hydroxyl groups is 1. The maximum atomic E-state index is 10.3. The van der Waals surface area contributed by atoms with Crippen molar-refractivity contribution in [1.29, 1.82) is 0 Å². The molecule has 0 aliphatic rings. The molecule has 0 unspecified atom stereocenters. The summed E-state index contributed by atoms with van der Waals surface area (Å²) in [7, 11) is 0. The molecule has 0 saturated carbocycles. The molecule has 5 nitrogen and oxygen atoms in total. The second-order valence-corrected chi connectivity index (χ2v) is 3.33. The molecule has 0 heterocycles. The lowest BCUT2D eigenvalue weighted by Gasteiger charge is -1.95. The number of aromatic carboxylic acids is 1. The summed E-state index contributed by atoms with van der Waals surface area (Å²) in [6.45, 7) is 0. The number of carboxylic acid groups (broad SMARTS) is 1. The van der Waals surface area contributed by atoms with Crippen LogP contribution in [-0.4, -0.2) is 16.2 Å². The van der Waals surface area contributed by atoms with Crippen molar-refractivity contribution < 1.29 is 15.0 Å². The highest BCUT2D eigenvalue weighted by molar-refractivity contribution is 5.90. The van der Waals surface area contributed by atoms with Crippen LogP contribution in [0.4, 0.5) is 5.69 Å². The Morgan fingerprint density at radius 3 is 1.94 bits per heavy atom. The highest BCUT2D eigenvalue weighted by Crippen LogP contribution is 2.14. The zero-order valence-electron chi connectivity index (χ0n) is 9.58. The summed E-state index contributed by atoms with van der Waals surface area (Å²) in [4.78, 5) is 10.3. The van der Waals surface area contributed by atoms with Gasteiger partial charge in [-0.2, -0.15) is 0 Å². The van der Waals surface area contributed by atoms with Gasteiger partial charge in [0.15, 0.2) is 0 Å². The zero-order valence-corrected chi connectivity index (χ0v) is 9.58. The van der Waals surface area contributed by atoms with Crippen molar-refractivity contribution in [2.75, 3.05) is 5.43 Å². The molecule has 0 atom stereocenters. The number of rotatable bonds is 2. The van der Waals surface area contributed by atoms with Gasteiger partial charge < -0.3 is 15.6 Å². The molecule has 0 aliphatic heterocycles. The average Bonchev–Trinajstić information content (AvgIpc) is 2.40. The van der Waals surface area contributed by atoms with E-state index in [1.807, 2.05) is 30.3 Å². The summed E-state index contributed by atoms with van der Waals surface area (Å²) in [6, 6.07) is 15.4. The Bertz CT molecular complexity index is 501. The van der Waals surface area contributed by atoms with E-state index in [1.165, 1.54) is 12.1 Å². The molecular weight excluding hydrogens is 232 g/mol. The van der Waals surface area contributed by atoms with E-state index >= 15 is 0 Å². The molecular formula is C13H14N2O3. The van der Waals surface area contributed by atoms with Crippen molar-refractivity contribution in [1.82, 2.24) is 0 Å². The maximum absolute atomic E-state index is 10.3. The van der Waals surface area contributed by atoms with E-state index in [2.05, 4.69) is 5.43 Å². The number of nitrogen functional groups attached to an aromatic ring is 1. The molecule has 0 fully saturated rings. The van der Waals surface area contributed by atoms with Crippen LogP contribution in [0.5, 0.6) is 5.75 Å². The number of carbonyl (C=O) groups is 1. The van der Waals surface area contributed by atoms with E-state index in [0.29, 0.717) is 0 Å². The molecule has 5 heteroatoms. The van der Waals surface area contributed by atoms with Crippen LogP contribution in [0.1, 0.15) is 10.4 Å². The fraction of sp³-hybridized carbons (Fsp3) is 0. The van der Waals surface area contributed by atoms with Crippen LogP contribution in [0.25, 0.3) is 0 Å². The van der Waals surface area contributed by atoms with Crippen molar-refractivity contribution in [3.63, 3.8) is 0 Å². The van der Waals surface area contributed by atoms with Crippen molar-refractivity contribution in [3.8, 4) is 5.75 Å². The normalized spacial score (nSPS) is 8.94. The van der Waals surface area contributed by atoms with Crippen molar-refractivity contribution in [2.24, 2.45) is 5.84 Å². The Hall–Kier alpha value is -2.53. The van der Waals surface area contributed by atoms with Gasteiger partial charge in [0.1, 0.15) is 11.3 Å². The molecule has 0 saturated heterocycles. The fourth-order valence-corrected chi connectivity index (χ4v) is 1.19. The van der Waals surface area contributed by atoms with Crippen molar-refractivity contribution >= 4 is 11.7 Å². The van der Waals surface area contributed by atoms with Gasteiger partial charge in [-0.05, 0) is 24.3 Å². The molecule has 2 aromatic rings. The summed E-state index contributed by atoms with van der Waals surface area (Å²) < 4.78 is 0. The number of anilines is 1.